The van der Waals surface area contributed by atoms with Gasteiger partial charge < -0.3 is 19.5 Å². The third kappa shape index (κ3) is 3.51. The molecule has 1 aliphatic rings. The van der Waals surface area contributed by atoms with Crippen LogP contribution in [-0.2, 0) is 15.9 Å². The maximum absolute atomic E-state index is 5.63. The molecule has 1 aromatic carbocycles. The molecule has 112 valence electrons. The molecule has 4 heteroatoms. The highest BCUT2D eigenvalue weighted by Crippen LogP contribution is 2.27. The van der Waals surface area contributed by atoms with Crippen molar-refractivity contribution in [3.05, 3.63) is 29.8 Å². The van der Waals surface area contributed by atoms with Gasteiger partial charge in [-0.05, 0) is 37.9 Å². The molecule has 0 radical (unpaired) electrons. The van der Waals surface area contributed by atoms with Crippen molar-refractivity contribution in [3.63, 3.8) is 0 Å². The summed E-state index contributed by atoms with van der Waals surface area (Å²) < 4.78 is 16.5. The van der Waals surface area contributed by atoms with Gasteiger partial charge in [0.05, 0.1) is 19.3 Å². The van der Waals surface area contributed by atoms with E-state index in [1.54, 1.807) is 14.2 Å². The lowest BCUT2D eigenvalue weighted by molar-refractivity contribution is -0.131. The highest BCUT2D eigenvalue weighted by molar-refractivity contribution is 5.33. The molecule has 4 nitrogen and oxygen atoms in total. The molecule has 1 fully saturated rings. The van der Waals surface area contributed by atoms with Gasteiger partial charge in [0.15, 0.2) is 0 Å². The fraction of sp³-hybridized carbons (Fsp3) is 0.625. The van der Waals surface area contributed by atoms with Crippen LogP contribution in [0.1, 0.15) is 18.9 Å². The first kappa shape index (κ1) is 15.3. The fourth-order valence-corrected chi connectivity index (χ4v) is 2.78. The summed E-state index contributed by atoms with van der Waals surface area (Å²) >= 11 is 0. The third-order valence-electron chi connectivity index (χ3n) is 3.90. The Labute approximate surface area is 121 Å². The summed E-state index contributed by atoms with van der Waals surface area (Å²) in [5, 5.41) is 3.55. The molecule has 1 saturated carbocycles. The van der Waals surface area contributed by atoms with E-state index in [-0.39, 0.29) is 12.2 Å². The van der Waals surface area contributed by atoms with Gasteiger partial charge in [-0.2, -0.15) is 0 Å². The summed E-state index contributed by atoms with van der Waals surface area (Å²) in [6.45, 7) is 3.69. The number of hydrogen-bond acceptors (Lipinski definition) is 4. The van der Waals surface area contributed by atoms with Crippen LogP contribution in [0.5, 0.6) is 5.75 Å². The van der Waals surface area contributed by atoms with Crippen molar-refractivity contribution in [1.29, 1.82) is 0 Å². The molecule has 0 bridgehead atoms. The highest BCUT2D eigenvalue weighted by atomic mass is 16.5. The summed E-state index contributed by atoms with van der Waals surface area (Å²) in [4.78, 5) is 0. The Balaban J connectivity index is 1.76. The quantitative estimate of drug-likeness (QED) is 0.790. The molecule has 0 aliphatic heterocycles. The van der Waals surface area contributed by atoms with Gasteiger partial charge >= 0.3 is 0 Å². The predicted octanol–water partition coefficient (Wildman–Crippen LogP) is 2.02. The Hall–Kier alpha value is -1.10. The zero-order valence-electron chi connectivity index (χ0n) is 12.6. The van der Waals surface area contributed by atoms with Crippen LogP contribution in [0.4, 0.5) is 0 Å². The number of methoxy groups -OCH3 is 2. The van der Waals surface area contributed by atoms with E-state index in [1.165, 1.54) is 5.56 Å². The smallest absolute Gasteiger partial charge is 0.122 e. The lowest BCUT2D eigenvalue weighted by Gasteiger charge is -2.43. The van der Waals surface area contributed by atoms with Gasteiger partial charge in [0.2, 0.25) is 0 Å². The fourth-order valence-electron chi connectivity index (χ4n) is 2.78. The van der Waals surface area contributed by atoms with E-state index in [9.17, 15) is 0 Å². The van der Waals surface area contributed by atoms with Gasteiger partial charge in [-0.25, -0.2) is 0 Å². The second-order valence-corrected chi connectivity index (χ2v) is 5.05. The number of hydrogen-bond donors (Lipinski definition) is 1. The summed E-state index contributed by atoms with van der Waals surface area (Å²) in [6, 6.07) is 8.55. The average Bonchev–Trinajstić information content (AvgIpc) is 2.46. The molecule has 1 N–H and O–H groups in total. The molecule has 20 heavy (non-hydrogen) atoms. The van der Waals surface area contributed by atoms with Gasteiger partial charge in [-0.3, -0.25) is 0 Å². The Bertz CT molecular complexity index is 410. The molecular weight excluding hydrogens is 254 g/mol. The maximum Gasteiger partial charge on any atom is 0.122 e. The van der Waals surface area contributed by atoms with Crippen molar-refractivity contribution in [2.45, 2.75) is 38.0 Å². The van der Waals surface area contributed by atoms with Crippen LogP contribution in [0.3, 0.4) is 0 Å². The van der Waals surface area contributed by atoms with Crippen molar-refractivity contribution in [2.75, 3.05) is 27.4 Å². The summed E-state index contributed by atoms with van der Waals surface area (Å²) in [5.41, 5.74) is 1.23. The van der Waals surface area contributed by atoms with Gasteiger partial charge in [0.25, 0.3) is 0 Å². The zero-order chi connectivity index (χ0) is 14.4. The molecular formula is C16H25NO3. The molecule has 0 heterocycles. The van der Waals surface area contributed by atoms with E-state index in [0.717, 1.165) is 31.7 Å². The monoisotopic (exact) mass is 279 g/mol. The molecule has 3 atom stereocenters. The van der Waals surface area contributed by atoms with Crippen molar-refractivity contribution in [1.82, 2.24) is 5.32 Å². The van der Waals surface area contributed by atoms with Crippen LogP contribution in [0, 0.1) is 0 Å². The van der Waals surface area contributed by atoms with E-state index >= 15 is 0 Å². The Kier molecular flexibility index (Phi) is 5.83. The van der Waals surface area contributed by atoms with Crippen LogP contribution in [-0.4, -0.2) is 45.6 Å². The molecule has 0 saturated heterocycles. The van der Waals surface area contributed by atoms with Crippen LogP contribution >= 0.6 is 0 Å². The summed E-state index contributed by atoms with van der Waals surface area (Å²) in [5.74, 6) is 0.957. The largest absolute Gasteiger partial charge is 0.496 e. The van der Waals surface area contributed by atoms with Crippen molar-refractivity contribution in [2.24, 2.45) is 0 Å². The van der Waals surface area contributed by atoms with Crippen molar-refractivity contribution in [3.8, 4) is 5.75 Å². The van der Waals surface area contributed by atoms with Crippen molar-refractivity contribution < 1.29 is 14.2 Å². The maximum atomic E-state index is 5.63. The average molecular weight is 279 g/mol. The zero-order valence-corrected chi connectivity index (χ0v) is 12.6. The first-order valence-corrected chi connectivity index (χ1v) is 7.29. The van der Waals surface area contributed by atoms with Gasteiger partial charge in [-0.15, -0.1) is 0 Å². The second kappa shape index (κ2) is 7.62. The van der Waals surface area contributed by atoms with Crippen LogP contribution in [0.2, 0.25) is 0 Å². The van der Waals surface area contributed by atoms with Gasteiger partial charge in [-0.1, -0.05) is 18.2 Å². The first-order valence-electron chi connectivity index (χ1n) is 7.29. The van der Waals surface area contributed by atoms with Crippen molar-refractivity contribution >= 4 is 0 Å². The van der Waals surface area contributed by atoms with Crippen LogP contribution in [0.15, 0.2) is 24.3 Å². The second-order valence-electron chi connectivity index (χ2n) is 5.05. The van der Waals surface area contributed by atoms with Crippen LogP contribution < -0.4 is 10.1 Å². The molecule has 2 rings (SSSR count). The molecule has 0 amide bonds. The first-order chi connectivity index (χ1) is 9.80. The van der Waals surface area contributed by atoms with E-state index in [2.05, 4.69) is 11.4 Å². The van der Waals surface area contributed by atoms with Crippen LogP contribution in [0.25, 0.3) is 0 Å². The molecule has 3 unspecified atom stereocenters. The van der Waals surface area contributed by atoms with E-state index in [0.29, 0.717) is 6.04 Å². The highest BCUT2D eigenvalue weighted by Gasteiger charge is 2.41. The third-order valence-corrected chi connectivity index (χ3v) is 3.90. The topological polar surface area (TPSA) is 39.7 Å². The van der Waals surface area contributed by atoms with Gasteiger partial charge in [0, 0.05) is 19.8 Å². The van der Waals surface area contributed by atoms with E-state index in [4.69, 9.17) is 14.2 Å². The number of ether oxygens (including phenoxy) is 3. The molecule has 1 aliphatic carbocycles. The predicted molar refractivity (Wildman–Crippen MR) is 79.3 cm³/mol. The molecule has 0 spiro atoms. The minimum atomic E-state index is 0.174. The summed E-state index contributed by atoms with van der Waals surface area (Å²) in [7, 11) is 3.47. The van der Waals surface area contributed by atoms with E-state index in [1.807, 2.05) is 25.1 Å². The lowest BCUT2D eigenvalue weighted by Crippen LogP contribution is -2.60. The number of para-hydroxylation sites is 1. The Morgan fingerprint density at radius 1 is 1.25 bits per heavy atom. The number of benzene rings is 1. The SMILES string of the molecule is CCOC1CC(NCCc2ccccc2OC)C1OC. The number of nitrogens with one attached hydrogen (secondary N) is 1. The lowest BCUT2D eigenvalue weighted by atomic mass is 9.85. The standard InChI is InChI=1S/C16H25NO3/c1-4-20-15-11-13(16(15)19-3)17-10-9-12-7-5-6-8-14(12)18-2/h5-8,13,15-17H,4,9-11H2,1-3H3. The number of rotatable bonds is 8. The Morgan fingerprint density at radius 3 is 2.75 bits per heavy atom. The minimum Gasteiger partial charge on any atom is -0.496 e. The summed E-state index contributed by atoms with van der Waals surface area (Å²) in [6.07, 6.45) is 2.40. The Morgan fingerprint density at radius 2 is 2.05 bits per heavy atom. The molecule has 0 aromatic heterocycles. The molecule has 1 aromatic rings. The minimum absolute atomic E-state index is 0.174. The normalized spacial score (nSPS) is 25.2. The van der Waals surface area contributed by atoms with E-state index < -0.39 is 0 Å². The van der Waals surface area contributed by atoms with Gasteiger partial charge in [0.1, 0.15) is 5.75 Å².